The minimum Gasteiger partial charge on any atom is -0.481 e. The van der Waals surface area contributed by atoms with Crippen LogP contribution in [-0.4, -0.2) is 42.1 Å². The lowest BCUT2D eigenvalue weighted by molar-refractivity contribution is -0.136. The molecule has 132 valence electrons. The summed E-state index contributed by atoms with van der Waals surface area (Å²) < 4.78 is 5.42. The zero-order valence-corrected chi connectivity index (χ0v) is 14.0. The van der Waals surface area contributed by atoms with Gasteiger partial charge in [0.2, 0.25) is 0 Å². The van der Waals surface area contributed by atoms with Crippen LogP contribution in [0.2, 0.25) is 0 Å². The Kier molecular flexibility index (Phi) is 8.49. The van der Waals surface area contributed by atoms with E-state index in [1.165, 1.54) is 0 Å². The average Bonchev–Trinajstić information content (AvgIpc) is 2.55. The molecule has 1 rings (SSSR count). The molecule has 3 N–H and O–H groups in total. The number of carbonyl (C=O) groups is 3. The van der Waals surface area contributed by atoms with E-state index in [0.717, 1.165) is 12.8 Å². The van der Waals surface area contributed by atoms with E-state index in [1.807, 2.05) is 6.92 Å². The Hall–Kier alpha value is -2.41. The first-order chi connectivity index (χ1) is 11.4. The van der Waals surface area contributed by atoms with Crippen molar-refractivity contribution in [3.05, 3.63) is 29.8 Å². The van der Waals surface area contributed by atoms with Crippen LogP contribution in [-0.2, 0) is 14.3 Å². The molecule has 1 atom stereocenters. The zero-order valence-electron chi connectivity index (χ0n) is 14.0. The van der Waals surface area contributed by atoms with Crippen LogP contribution in [0.3, 0.4) is 0 Å². The smallest absolute Gasteiger partial charge is 0.305 e. The third-order valence-electron chi connectivity index (χ3n) is 3.27. The van der Waals surface area contributed by atoms with Gasteiger partial charge in [0.1, 0.15) is 6.10 Å². The number of nitrogens with one attached hydrogen (secondary N) is 2. The number of anilines is 1. The largest absolute Gasteiger partial charge is 0.481 e. The first-order valence-electron chi connectivity index (χ1n) is 7.96. The normalized spacial score (nSPS) is 11.6. The van der Waals surface area contributed by atoms with Gasteiger partial charge in [0, 0.05) is 24.4 Å². The fraction of sp³-hybridized carbons (Fsp3) is 0.471. The molecule has 0 saturated heterocycles. The van der Waals surface area contributed by atoms with E-state index >= 15 is 0 Å². The van der Waals surface area contributed by atoms with E-state index in [-0.39, 0.29) is 24.8 Å². The third kappa shape index (κ3) is 7.23. The highest BCUT2D eigenvalue weighted by atomic mass is 16.5. The summed E-state index contributed by atoms with van der Waals surface area (Å²) in [5, 5.41) is 13.8. The monoisotopic (exact) mass is 336 g/mol. The standard InChI is InChI=1S/C17H24N2O5/c1-3-4-11-24-12(2)16(22)19-14-7-5-13(6-8-14)17(23)18-10-9-15(20)21/h5-8,12H,3-4,9-11H2,1-2H3,(H,18,23)(H,19,22)(H,20,21). The molecular weight excluding hydrogens is 312 g/mol. The lowest BCUT2D eigenvalue weighted by atomic mass is 10.2. The van der Waals surface area contributed by atoms with Gasteiger partial charge in [-0.05, 0) is 37.6 Å². The molecule has 0 aliphatic carbocycles. The van der Waals surface area contributed by atoms with Gasteiger partial charge in [-0.2, -0.15) is 0 Å². The predicted octanol–water partition coefficient (Wildman–Crippen LogP) is 2.03. The zero-order chi connectivity index (χ0) is 17.9. The van der Waals surface area contributed by atoms with Crippen LogP contribution in [0.5, 0.6) is 0 Å². The number of hydrogen-bond donors (Lipinski definition) is 3. The van der Waals surface area contributed by atoms with Crippen LogP contribution in [0, 0.1) is 0 Å². The van der Waals surface area contributed by atoms with Crippen molar-refractivity contribution in [2.45, 2.75) is 39.2 Å². The number of rotatable bonds is 10. The van der Waals surface area contributed by atoms with Crippen molar-refractivity contribution in [3.8, 4) is 0 Å². The third-order valence-corrected chi connectivity index (χ3v) is 3.27. The summed E-state index contributed by atoms with van der Waals surface area (Å²) in [6, 6.07) is 6.36. The number of carbonyl (C=O) groups excluding carboxylic acids is 2. The van der Waals surface area contributed by atoms with Crippen LogP contribution in [0.25, 0.3) is 0 Å². The van der Waals surface area contributed by atoms with Crippen LogP contribution in [0.4, 0.5) is 5.69 Å². The minimum atomic E-state index is -0.969. The summed E-state index contributed by atoms with van der Waals surface area (Å²) >= 11 is 0. The maximum Gasteiger partial charge on any atom is 0.305 e. The maximum absolute atomic E-state index is 12.0. The van der Waals surface area contributed by atoms with Crippen molar-refractivity contribution in [2.24, 2.45) is 0 Å². The quantitative estimate of drug-likeness (QED) is 0.567. The van der Waals surface area contributed by atoms with E-state index in [1.54, 1.807) is 31.2 Å². The van der Waals surface area contributed by atoms with Crippen LogP contribution in [0.1, 0.15) is 43.5 Å². The average molecular weight is 336 g/mol. The van der Waals surface area contributed by atoms with Gasteiger partial charge in [-0.1, -0.05) is 13.3 Å². The summed E-state index contributed by atoms with van der Waals surface area (Å²) in [7, 11) is 0. The topological polar surface area (TPSA) is 105 Å². The first kappa shape index (κ1) is 19.6. The Bertz CT molecular complexity index is 557. The first-order valence-corrected chi connectivity index (χ1v) is 7.96. The van der Waals surface area contributed by atoms with Gasteiger partial charge >= 0.3 is 5.97 Å². The van der Waals surface area contributed by atoms with Gasteiger partial charge in [-0.25, -0.2) is 0 Å². The number of benzene rings is 1. The Morgan fingerprint density at radius 3 is 2.46 bits per heavy atom. The predicted molar refractivity (Wildman–Crippen MR) is 90.0 cm³/mol. The van der Waals surface area contributed by atoms with Gasteiger partial charge in [0.15, 0.2) is 0 Å². The SMILES string of the molecule is CCCCOC(C)C(=O)Nc1ccc(C(=O)NCCC(=O)O)cc1. The van der Waals surface area contributed by atoms with Crippen LogP contribution in [0.15, 0.2) is 24.3 Å². The van der Waals surface area contributed by atoms with E-state index in [9.17, 15) is 14.4 Å². The number of ether oxygens (including phenoxy) is 1. The molecule has 0 aliphatic heterocycles. The molecule has 0 radical (unpaired) electrons. The van der Waals surface area contributed by atoms with Gasteiger partial charge in [-0.3, -0.25) is 14.4 Å². The van der Waals surface area contributed by atoms with Crippen molar-refractivity contribution in [2.75, 3.05) is 18.5 Å². The molecule has 7 heteroatoms. The molecule has 0 fully saturated rings. The van der Waals surface area contributed by atoms with Crippen molar-refractivity contribution >= 4 is 23.5 Å². The lowest BCUT2D eigenvalue weighted by Gasteiger charge is -2.13. The number of carboxylic acids is 1. The van der Waals surface area contributed by atoms with Gasteiger partial charge in [-0.15, -0.1) is 0 Å². The molecule has 24 heavy (non-hydrogen) atoms. The van der Waals surface area contributed by atoms with Crippen LogP contribution >= 0.6 is 0 Å². The fourth-order valence-corrected chi connectivity index (χ4v) is 1.81. The van der Waals surface area contributed by atoms with Gasteiger partial charge < -0.3 is 20.5 Å². The Morgan fingerprint density at radius 2 is 1.88 bits per heavy atom. The summed E-state index contributed by atoms with van der Waals surface area (Å²) in [5.74, 6) is -1.57. The Balaban J connectivity index is 2.47. The highest BCUT2D eigenvalue weighted by Crippen LogP contribution is 2.10. The number of carboxylic acid groups (broad SMARTS) is 1. The second-order valence-corrected chi connectivity index (χ2v) is 5.33. The van der Waals surface area contributed by atoms with E-state index in [0.29, 0.717) is 17.9 Å². The van der Waals surface area contributed by atoms with E-state index in [2.05, 4.69) is 10.6 Å². The van der Waals surface area contributed by atoms with Gasteiger partial charge in [0.05, 0.1) is 6.42 Å². The van der Waals surface area contributed by atoms with Crippen molar-refractivity contribution in [3.63, 3.8) is 0 Å². The lowest BCUT2D eigenvalue weighted by Crippen LogP contribution is -2.28. The maximum atomic E-state index is 12.0. The molecule has 0 saturated carbocycles. The van der Waals surface area contributed by atoms with E-state index < -0.39 is 12.1 Å². The van der Waals surface area contributed by atoms with Crippen molar-refractivity contribution < 1.29 is 24.2 Å². The van der Waals surface area contributed by atoms with Gasteiger partial charge in [0.25, 0.3) is 11.8 Å². The van der Waals surface area contributed by atoms with Crippen molar-refractivity contribution in [1.82, 2.24) is 5.32 Å². The number of hydrogen-bond acceptors (Lipinski definition) is 4. The second kappa shape index (κ2) is 10.4. The molecule has 0 aromatic heterocycles. The summed E-state index contributed by atoms with van der Waals surface area (Å²) in [4.78, 5) is 34.2. The number of aliphatic carboxylic acids is 1. The molecule has 1 unspecified atom stereocenters. The highest BCUT2D eigenvalue weighted by Gasteiger charge is 2.13. The second-order valence-electron chi connectivity index (χ2n) is 5.33. The molecule has 0 aliphatic rings. The summed E-state index contributed by atoms with van der Waals surface area (Å²) in [5.41, 5.74) is 0.957. The Labute approximate surface area is 141 Å². The minimum absolute atomic E-state index is 0.0687. The summed E-state index contributed by atoms with van der Waals surface area (Å²) in [6.45, 7) is 4.35. The Morgan fingerprint density at radius 1 is 1.21 bits per heavy atom. The van der Waals surface area contributed by atoms with E-state index in [4.69, 9.17) is 9.84 Å². The molecule has 1 aromatic rings. The molecule has 0 bridgehead atoms. The molecule has 0 heterocycles. The number of unbranched alkanes of at least 4 members (excludes halogenated alkanes) is 1. The molecule has 7 nitrogen and oxygen atoms in total. The molecular formula is C17H24N2O5. The molecule has 1 aromatic carbocycles. The van der Waals surface area contributed by atoms with Crippen LogP contribution < -0.4 is 10.6 Å². The van der Waals surface area contributed by atoms with Crippen molar-refractivity contribution in [1.29, 1.82) is 0 Å². The highest BCUT2D eigenvalue weighted by molar-refractivity contribution is 5.96. The molecule has 2 amide bonds. The fourth-order valence-electron chi connectivity index (χ4n) is 1.81. The number of amides is 2. The summed E-state index contributed by atoms with van der Waals surface area (Å²) in [6.07, 6.45) is 1.24. The molecule has 0 spiro atoms.